The number of carbonyl (C=O) groups excluding carboxylic acids is 3. The Bertz CT molecular complexity index is 1430. The van der Waals surface area contributed by atoms with Crippen molar-refractivity contribution in [3.05, 3.63) is 84.4 Å². The first-order valence-electron chi connectivity index (χ1n) is 11.5. The standard InChI is InChI=1S/C28H24N2O4S/c1-2-30-21-14-8-6-12-19(21)26(27(30)18-10-4-3-5-11-18)22(31)17-34-25(32)16-24-28(33)29-20-13-7-9-15-23(20)35-24/h3-15,24H,2,16-17H2,1H3,(H,29,33)/t24-/m0/s1. The normalized spacial score (nSPS) is 14.9. The summed E-state index contributed by atoms with van der Waals surface area (Å²) in [4.78, 5) is 39.4. The van der Waals surface area contributed by atoms with Gasteiger partial charge in [0.15, 0.2) is 6.61 Å². The number of nitrogens with one attached hydrogen (secondary N) is 1. The van der Waals surface area contributed by atoms with Crippen molar-refractivity contribution in [2.24, 2.45) is 0 Å². The van der Waals surface area contributed by atoms with Gasteiger partial charge in [0.25, 0.3) is 0 Å². The quantitative estimate of drug-likeness (QED) is 0.275. The summed E-state index contributed by atoms with van der Waals surface area (Å²) in [5.41, 5.74) is 3.98. The molecule has 35 heavy (non-hydrogen) atoms. The second-order valence-corrected chi connectivity index (χ2v) is 9.48. The largest absolute Gasteiger partial charge is 0.457 e. The number of hydrogen-bond donors (Lipinski definition) is 1. The van der Waals surface area contributed by atoms with Crippen molar-refractivity contribution in [2.45, 2.75) is 30.0 Å². The van der Waals surface area contributed by atoms with E-state index in [1.807, 2.05) is 85.8 Å². The number of carbonyl (C=O) groups is 3. The van der Waals surface area contributed by atoms with Crippen LogP contribution in [0.4, 0.5) is 5.69 Å². The SMILES string of the molecule is CCn1c(-c2ccccc2)c(C(=O)COC(=O)C[C@@H]2Sc3ccccc3NC2=O)c2ccccc21. The van der Waals surface area contributed by atoms with Crippen LogP contribution in [0.2, 0.25) is 0 Å². The predicted molar refractivity (Wildman–Crippen MR) is 138 cm³/mol. The Morgan fingerprint density at radius 2 is 1.69 bits per heavy atom. The topological polar surface area (TPSA) is 77.4 Å². The van der Waals surface area contributed by atoms with Crippen LogP contribution >= 0.6 is 11.8 Å². The minimum atomic E-state index is -0.602. The number of anilines is 1. The molecule has 1 aliphatic rings. The van der Waals surface area contributed by atoms with E-state index in [1.165, 1.54) is 11.8 Å². The van der Waals surface area contributed by atoms with E-state index in [4.69, 9.17) is 4.74 Å². The molecule has 0 bridgehead atoms. The van der Waals surface area contributed by atoms with Crippen LogP contribution in [0.25, 0.3) is 22.2 Å². The number of ketones is 1. The van der Waals surface area contributed by atoms with Gasteiger partial charge in [0.1, 0.15) is 0 Å². The van der Waals surface area contributed by atoms with E-state index in [-0.39, 0.29) is 24.7 Å². The predicted octanol–water partition coefficient (Wildman–Crippen LogP) is 5.56. The molecular formula is C28H24N2O4S. The first-order valence-corrected chi connectivity index (χ1v) is 12.4. The maximum Gasteiger partial charge on any atom is 0.307 e. The van der Waals surface area contributed by atoms with Crippen LogP contribution in [-0.2, 0) is 20.9 Å². The molecular weight excluding hydrogens is 460 g/mol. The van der Waals surface area contributed by atoms with Crippen molar-refractivity contribution in [3.8, 4) is 11.3 Å². The van der Waals surface area contributed by atoms with E-state index in [1.54, 1.807) is 0 Å². The molecule has 6 nitrogen and oxygen atoms in total. The molecule has 0 fully saturated rings. The molecule has 1 N–H and O–H groups in total. The Morgan fingerprint density at radius 3 is 2.49 bits per heavy atom. The van der Waals surface area contributed by atoms with E-state index in [0.29, 0.717) is 12.1 Å². The lowest BCUT2D eigenvalue weighted by Crippen LogP contribution is -2.31. The molecule has 0 radical (unpaired) electrons. The number of para-hydroxylation sites is 2. The van der Waals surface area contributed by atoms with Crippen LogP contribution in [0, 0.1) is 0 Å². The Morgan fingerprint density at radius 1 is 0.971 bits per heavy atom. The number of hydrogen-bond acceptors (Lipinski definition) is 5. The van der Waals surface area contributed by atoms with Crippen LogP contribution in [0.1, 0.15) is 23.7 Å². The lowest BCUT2D eigenvalue weighted by Gasteiger charge is -2.23. The van der Waals surface area contributed by atoms with Crippen molar-refractivity contribution < 1.29 is 19.1 Å². The molecule has 0 spiro atoms. The van der Waals surface area contributed by atoms with Gasteiger partial charge in [0.2, 0.25) is 11.7 Å². The number of ether oxygens (including phenoxy) is 1. The molecule has 2 heterocycles. The van der Waals surface area contributed by atoms with E-state index in [0.717, 1.165) is 32.7 Å². The number of aryl methyl sites for hydroxylation is 1. The van der Waals surface area contributed by atoms with Crippen molar-refractivity contribution >= 4 is 46.0 Å². The van der Waals surface area contributed by atoms with E-state index in [9.17, 15) is 14.4 Å². The summed E-state index contributed by atoms with van der Waals surface area (Å²) >= 11 is 1.33. The van der Waals surface area contributed by atoms with Gasteiger partial charge < -0.3 is 14.6 Å². The second-order valence-electron chi connectivity index (χ2n) is 8.23. The molecule has 4 aromatic rings. The van der Waals surface area contributed by atoms with Gasteiger partial charge in [-0.2, -0.15) is 0 Å². The van der Waals surface area contributed by atoms with E-state index < -0.39 is 11.2 Å². The fourth-order valence-corrected chi connectivity index (χ4v) is 5.56. The maximum atomic E-state index is 13.4. The van der Waals surface area contributed by atoms with Gasteiger partial charge in [-0.1, -0.05) is 60.7 Å². The summed E-state index contributed by atoms with van der Waals surface area (Å²) in [6.07, 6.45) is -0.111. The number of amides is 1. The first-order chi connectivity index (χ1) is 17.1. The third-order valence-electron chi connectivity index (χ3n) is 6.04. The fraction of sp³-hybridized carbons (Fsp3) is 0.179. The fourth-order valence-electron chi connectivity index (χ4n) is 4.47. The zero-order valence-electron chi connectivity index (χ0n) is 19.2. The highest BCUT2D eigenvalue weighted by atomic mass is 32.2. The highest BCUT2D eigenvalue weighted by Crippen LogP contribution is 2.37. The van der Waals surface area contributed by atoms with E-state index in [2.05, 4.69) is 9.88 Å². The number of fused-ring (bicyclic) bond motifs is 2. The molecule has 1 amide bonds. The number of aromatic nitrogens is 1. The smallest absolute Gasteiger partial charge is 0.307 e. The van der Waals surface area contributed by atoms with Crippen LogP contribution in [-0.4, -0.2) is 34.1 Å². The Kier molecular flexibility index (Phi) is 6.42. The van der Waals surface area contributed by atoms with Crippen molar-refractivity contribution in [1.29, 1.82) is 0 Å². The maximum absolute atomic E-state index is 13.4. The highest BCUT2D eigenvalue weighted by molar-refractivity contribution is 8.01. The summed E-state index contributed by atoms with van der Waals surface area (Å²) in [6.45, 7) is 2.34. The molecule has 5 rings (SSSR count). The molecule has 7 heteroatoms. The van der Waals surface area contributed by atoms with Crippen LogP contribution in [0.5, 0.6) is 0 Å². The van der Waals surface area contributed by atoms with Crippen molar-refractivity contribution in [3.63, 3.8) is 0 Å². The summed E-state index contributed by atoms with van der Waals surface area (Å²) in [6, 6.07) is 25.0. The van der Waals surface area contributed by atoms with Gasteiger partial charge in [-0.25, -0.2) is 0 Å². The molecule has 0 saturated carbocycles. The number of thioether (sulfide) groups is 1. The van der Waals surface area contributed by atoms with Crippen LogP contribution in [0.15, 0.2) is 83.8 Å². The minimum absolute atomic E-state index is 0.111. The summed E-state index contributed by atoms with van der Waals surface area (Å²) < 4.78 is 7.50. The zero-order chi connectivity index (χ0) is 24.4. The molecule has 1 atom stereocenters. The van der Waals surface area contributed by atoms with Crippen molar-refractivity contribution in [1.82, 2.24) is 4.57 Å². The molecule has 0 unspecified atom stereocenters. The lowest BCUT2D eigenvalue weighted by molar-refractivity contribution is -0.143. The molecule has 1 aliphatic heterocycles. The average Bonchev–Trinajstić information content (AvgIpc) is 3.22. The average molecular weight is 485 g/mol. The van der Waals surface area contributed by atoms with Gasteiger partial charge in [-0.15, -0.1) is 11.8 Å². The number of nitrogens with zero attached hydrogens (tertiary/aromatic N) is 1. The number of esters is 1. The van der Waals surface area contributed by atoms with Crippen molar-refractivity contribution in [2.75, 3.05) is 11.9 Å². The Hall–Kier alpha value is -3.84. The van der Waals surface area contributed by atoms with Gasteiger partial charge in [-0.05, 0) is 30.7 Å². The highest BCUT2D eigenvalue weighted by Gasteiger charge is 2.30. The first kappa shape index (κ1) is 22.9. The molecule has 1 aromatic heterocycles. The minimum Gasteiger partial charge on any atom is -0.457 e. The monoisotopic (exact) mass is 484 g/mol. The molecule has 0 saturated heterocycles. The molecule has 176 valence electrons. The van der Waals surface area contributed by atoms with Crippen LogP contribution in [0.3, 0.4) is 0 Å². The second kappa shape index (κ2) is 9.80. The Labute approximate surface area is 207 Å². The van der Waals surface area contributed by atoms with Crippen LogP contribution < -0.4 is 5.32 Å². The summed E-state index contributed by atoms with van der Waals surface area (Å²) in [7, 11) is 0. The van der Waals surface area contributed by atoms with Gasteiger partial charge in [0.05, 0.1) is 28.6 Å². The third-order valence-corrected chi connectivity index (χ3v) is 7.31. The Balaban J connectivity index is 1.36. The summed E-state index contributed by atoms with van der Waals surface area (Å²) in [5, 5.41) is 3.05. The lowest BCUT2D eigenvalue weighted by atomic mass is 10.0. The number of rotatable bonds is 7. The molecule has 0 aliphatic carbocycles. The third kappa shape index (κ3) is 4.47. The molecule has 3 aromatic carbocycles. The van der Waals surface area contributed by atoms with Gasteiger partial charge in [-0.3, -0.25) is 14.4 Å². The zero-order valence-corrected chi connectivity index (χ0v) is 20.0. The van der Waals surface area contributed by atoms with Gasteiger partial charge in [0, 0.05) is 22.3 Å². The number of Topliss-reactive ketones (excluding diaryl/α,β-unsaturated/α-hetero) is 1. The van der Waals surface area contributed by atoms with Gasteiger partial charge >= 0.3 is 5.97 Å². The summed E-state index contributed by atoms with van der Waals surface area (Å²) in [5.74, 6) is -1.09. The number of benzene rings is 3. The van der Waals surface area contributed by atoms with E-state index >= 15 is 0 Å².